The van der Waals surface area contributed by atoms with Gasteiger partial charge in [0, 0.05) is 32.8 Å². The van der Waals surface area contributed by atoms with Gasteiger partial charge in [-0.05, 0) is 25.7 Å². The van der Waals surface area contributed by atoms with Gasteiger partial charge in [0.1, 0.15) is 5.54 Å². The zero-order valence-corrected chi connectivity index (χ0v) is 9.37. The Morgan fingerprint density at radius 2 is 2.20 bits per heavy atom. The Hall–Kier alpha value is -0.630. The average Bonchev–Trinajstić information content (AvgIpc) is 2.26. The van der Waals surface area contributed by atoms with Crippen molar-refractivity contribution in [2.24, 2.45) is 11.7 Å². The van der Waals surface area contributed by atoms with Gasteiger partial charge in [0.15, 0.2) is 0 Å². The maximum absolute atomic E-state index is 8.69. The van der Waals surface area contributed by atoms with E-state index in [1.54, 1.807) is 6.92 Å². The number of nitrogens with zero attached hydrogens (tertiary/aromatic N) is 1. The van der Waals surface area contributed by atoms with E-state index in [1.807, 2.05) is 0 Å². The summed E-state index contributed by atoms with van der Waals surface area (Å²) >= 11 is 0. The van der Waals surface area contributed by atoms with Crippen LogP contribution in [0, 0.1) is 17.2 Å². The minimum atomic E-state index is -0.754. The van der Waals surface area contributed by atoms with E-state index in [1.165, 1.54) is 0 Å². The topological polar surface area (TPSA) is 68.3 Å². The van der Waals surface area contributed by atoms with Gasteiger partial charge in [-0.15, -0.1) is 0 Å². The summed E-state index contributed by atoms with van der Waals surface area (Å²) in [4.78, 5) is 0. The Kier molecular flexibility index (Phi) is 5.03. The van der Waals surface area contributed by atoms with Gasteiger partial charge in [-0.3, -0.25) is 0 Å². The van der Waals surface area contributed by atoms with Crippen LogP contribution in [0.3, 0.4) is 0 Å². The molecule has 1 unspecified atom stereocenters. The van der Waals surface area contributed by atoms with Gasteiger partial charge >= 0.3 is 0 Å². The fourth-order valence-corrected chi connectivity index (χ4v) is 1.50. The molecular weight excluding hydrogens is 192 g/mol. The molecule has 1 saturated heterocycles. The summed E-state index contributed by atoms with van der Waals surface area (Å²) in [5, 5.41) is 8.69. The van der Waals surface area contributed by atoms with Gasteiger partial charge in [0.2, 0.25) is 0 Å². The van der Waals surface area contributed by atoms with Crippen LogP contribution in [0.4, 0.5) is 0 Å². The van der Waals surface area contributed by atoms with E-state index < -0.39 is 5.54 Å². The second-order valence-electron chi connectivity index (χ2n) is 4.41. The maximum atomic E-state index is 8.69. The van der Waals surface area contributed by atoms with Crippen molar-refractivity contribution < 1.29 is 9.47 Å². The minimum Gasteiger partial charge on any atom is -0.381 e. The third-order valence-corrected chi connectivity index (χ3v) is 2.72. The second kappa shape index (κ2) is 6.06. The van der Waals surface area contributed by atoms with E-state index in [0.29, 0.717) is 18.9 Å². The zero-order chi connectivity index (χ0) is 11.1. The molecule has 0 aromatic heterocycles. The van der Waals surface area contributed by atoms with Crippen LogP contribution in [-0.2, 0) is 9.47 Å². The highest BCUT2D eigenvalue weighted by atomic mass is 16.5. The lowest BCUT2D eigenvalue weighted by molar-refractivity contribution is 0.0183. The number of nitriles is 1. The van der Waals surface area contributed by atoms with Gasteiger partial charge in [0.05, 0.1) is 6.07 Å². The second-order valence-corrected chi connectivity index (χ2v) is 4.41. The van der Waals surface area contributed by atoms with Crippen molar-refractivity contribution in [1.82, 2.24) is 0 Å². The van der Waals surface area contributed by atoms with E-state index in [9.17, 15) is 0 Å². The number of hydrogen-bond donors (Lipinski definition) is 1. The Morgan fingerprint density at radius 3 is 2.80 bits per heavy atom. The van der Waals surface area contributed by atoms with Crippen LogP contribution in [0.1, 0.15) is 26.2 Å². The predicted octanol–water partition coefficient (Wildman–Crippen LogP) is 1.06. The number of nitrogens with two attached hydrogens (primary N) is 1. The Balaban J connectivity index is 2.04. The fraction of sp³-hybridized carbons (Fsp3) is 0.909. The molecule has 4 heteroatoms. The first-order valence-corrected chi connectivity index (χ1v) is 5.50. The minimum absolute atomic E-state index is 0.567. The van der Waals surface area contributed by atoms with Crippen molar-refractivity contribution in [3.8, 4) is 6.07 Å². The molecule has 2 N–H and O–H groups in total. The monoisotopic (exact) mass is 212 g/mol. The molecule has 0 aromatic rings. The van der Waals surface area contributed by atoms with Crippen LogP contribution in [-0.4, -0.2) is 32.0 Å². The van der Waals surface area contributed by atoms with E-state index in [2.05, 4.69) is 6.07 Å². The smallest absolute Gasteiger partial charge is 0.103 e. The number of hydrogen-bond acceptors (Lipinski definition) is 4. The van der Waals surface area contributed by atoms with Crippen molar-refractivity contribution in [2.45, 2.75) is 31.7 Å². The first-order valence-electron chi connectivity index (χ1n) is 5.50. The molecule has 1 atom stereocenters. The molecule has 0 radical (unpaired) electrons. The van der Waals surface area contributed by atoms with E-state index in [0.717, 1.165) is 32.7 Å². The highest BCUT2D eigenvalue weighted by Gasteiger charge is 2.18. The van der Waals surface area contributed by atoms with Crippen LogP contribution in [0.15, 0.2) is 0 Å². The Morgan fingerprint density at radius 1 is 1.53 bits per heavy atom. The molecule has 1 aliphatic rings. The van der Waals surface area contributed by atoms with Gasteiger partial charge in [0.25, 0.3) is 0 Å². The first kappa shape index (κ1) is 12.4. The molecule has 0 aromatic carbocycles. The molecular formula is C11H20N2O2. The van der Waals surface area contributed by atoms with Gasteiger partial charge in [-0.2, -0.15) is 5.26 Å². The van der Waals surface area contributed by atoms with Crippen LogP contribution < -0.4 is 5.73 Å². The van der Waals surface area contributed by atoms with Crippen molar-refractivity contribution in [1.29, 1.82) is 5.26 Å². The lowest BCUT2D eigenvalue weighted by Crippen LogP contribution is -2.35. The van der Waals surface area contributed by atoms with Crippen molar-refractivity contribution in [3.63, 3.8) is 0 Å². The van der Waals surface area contributed by atoms with Crippen molar-refractivity contribution >= 4 is 0 Å². The molecule has 1 rings (SSSR count). The molecule has 1 fully saturated rings. The quantitative estimate of drug-likeness (QED) is 0.692. The summed E-state index contributed by atoms with van der Waals surface area (Å²) in [5.41, 5.74) is 4.92. The summed E-state index contributed by atoms with van der Waals surface area (Å²) in [6, 6.07) is 2.06. The molecule has 0 saturated carbocycles. The number of rotatable bonds is 5. The van der Waals surface area contributed by atoms with Crippen LogP contribution in [0.2, 0.25) is 0 Å². The zero-order valence-electron chi connectivity index (χ0n) is 9.37. The molecule has 0 amide bonds. The lowest BCUT2D eigenvalue weighted by Gasteiger charge is -2.22. The molecule has 1 aliphatic heterocycles. The number of ether oxygens (including phenoxy) is 2. The lowest BCUT2D eigenvalue weighted by atomic mass is 10.0. The molecule has 1 heterocycles. The Labute approximate surface area is 91.3 Å². The molecule has 86 valence electrons. The molecule has 0 bridgehead atoms. The van der Waals surface area contributed by atoms with Crippen molar-refractivity contribution in [3.05, 3.63) is 0 Å². The highest BCUT2D eigenvalue weighted by molar-refractivity contribution is 5.00. The normalized spacial score (nSPS) is 21.9. The van der Waals surface area contributed by atoms with Crippen LogP contribution >= 0.6 is 0 Å². The summed E-state index contributed by atoms with van der Waals surface area (Å²) in [5.74, 6) is 0.616. The maximum Gasteiger partial charge on any atom is 0.103 e. The molecule has 0 spiro atoms. The molecule has 4 nitrogen and oxygen atoms in total. The van der Waals surface area contributed by atoms with Crippen LogP contribution in [0.5, 0.6) is 0 Å². The largest absolute Gasteiger partial charge is 0.381 e. The average molecular weight is 212 g/mol. The fourth-order valence-electron chi connectivity index (χ4n) is 1.50. The third-order valence-electron chi connectivity index (χ3n) is 2.72. The predicted molar refractivity (Wildman–Crippen MR) is 57.2 cm³/mol. The van der Waals surface area contributed by atoms with Gasteiger partial charge < -0.3 is 15.2 Å². The molecule has 0 aliphatic carbocycles. The third kappa shape index (κ3) is 5.12. The Bertz CT molecular complexity index is 217. The summed E-state index contributed by atoms with van der Waals surface area (Å²) < 4.78 is 10.8. The van der Waals surface area contributed by atoms with Gasteiger partial charge in [-0.1, -0.05) is 0 Å². The van der Waals surface area contributed by atoms with E-state index >= 15 is 0 Å². The summed E-state index contributed by atoms with van der Waals surface area (Å²) in [6.45, 7) is 4.76. The van der Waals surface area contributed by atoms with E-state index in [4.69, 9.17) is 20.5 Å². The standard InChI is InChI=1S/C11H20N2O2/c1-11(13,9-12)4-7-15-8-10-2-5-14-6-3-10/h10H,2-8,13H2,1H3. The molecule has 15 heavy (non-hydrogen) atoms. The summed E-state index contributed by atoms with van der Waals surface area (Å²) in [7, 11) is 0. The van der Waals surface area contributed by atoms with Crippen molar-refractivity contribution in [2.75, 3.05) is 26.4 Å². The van der Waals surface area contributed by atoms with Gasteiger partial charge in [-0.25, -0.2) is 0 Å². The highest BCUT2D eigenvalue weighted by Crippen LogP contribution is 2.15. The van der Waals surface area contributed by atoms with E-state index in [-0.39, 0.29) is 0 Å². The first-order chi connectivity index (χ1) is 7.14. The summed E-state index contributed by atoms with van der Waals surface area (Å²) in [6.07, 6.45) is 2.75. The van der Waals surface area contributed by atoms with Crippen LogP contribution in [0.25, 0.3) is 0 Å². The SMILES string of the molecule is CC(N)(C#N)CCOCC1CCOCC1.